The van der Waals surface area contributed by atoms with Gasteiger partial charge in [0.25, 0.3) is 5.91 Å². The molecule has 2 rings (SSSR count). The third-order valence-electron chi connectivity index (χ3n) is 2.37. The van der Waals surface area contributed by atoms with Gasteiger partial charge in [0.1, 0.15) is 11.6 Å². The molecule has 0 aliphatic heterocycles. The zero-order chi connectivity index (χ0) is 14.5. The minimum absolute atomic E-state index is 0.163. The van der Waals surface area contributed by atoms with Crippen LogP contribution in [-0.4, -0.2) is 12.5 Å². The number of amides is 1. The maximum absolute atomic E-state index is 12.9. The van der Waals surface area contributed by atoms with Crippen LogP contribution in [0.25, 0.3) is 0 Å². The number of halogens is 3. The summed E-state index contributed by atoms with van der Waals surface area (Å²) < 4.78 is 18.7. The largest absolute Gasteiger partial charge is 0.484 e. The van der Waals surface area contributed by atoms with E-state index in [1.165, 1.54) is 18.2 Å². The zero-order valence-electron chi connectivity index (χ0n) is 10.2. The van der Waals surface area contributed by atoms with E-state index in [-0.39, 0.29) is 18.3 Å². The first-order valence-corrected chi connectivity index (χ1v) is 6.85. The predicted octanol–water partition coefficient (Wildman–Crippen LogP) is 4.26. The van der Waals surface area contributed by atoms with Gasteiger partial charge in [-0.25, -0.2) is 4.39 Å². The van der Waals surface area contributed by atoms with E-state index in [1.54, 1.807) is 24.3 Å². The van der Waals surface area contributed by atoms with Crippen LogP contribution in [0.2, 0.25) is 5.02 Å². The Morgan fingerprint density at radius 3 is 2.80 bits per heavy atom. The van der Waals surface area contributed by atoms with E-state index in [4.69, 9.17) is 16.3 Å². The molecule has 20 heavy (non-hydrogen) atoms. The van der Waals surface area contributed by atoms with E-state index in [1.807, 2.05) is 0 Å². The second-order valence-corrected chi connectivity index (χ2v) is 5.21. The number of carbonyl (C=O) groups excluding carboxylic acids is 1. The van der Waals surface area contributed by atoms with Crippen LogP contribution < -0.4 is 10.1 Å². The van der Waals surface area contributed by atoms with Gasteiger partial charge in [-0.1, -0.05) is 17.7 Å². The average molecular weight is 359 g/mol. The third kappa shape index (κ3) is 4.21. The maximum Gasteiger partial charge on any atom is 0.262 e. The van der Waals surface area contributed by atoms with Crippen molar-refractivity contribution < 1.29 is 13.9 Å². The van der Waals surface area contributed by atoms with Crippen molar-refractivity contribution in [1.29, 1.82) is 0 Å². The highest BCUT2D eigenvalue weighted by atomic mass is 79.9. The van der Waals surface area contributed by atoms with Gasteiger partial charge in [-0.3, -0.25) is 4.79 Å². The number of hydrogen-bond donors (Lipinski definition) is 1. The molecule has 6 heteroatoms. The standard InChI is InChI=1S/C14H10BrClFNO2/c15-12-7-10(17)4-5-13(12)18-14(19)8-20-11-3-1-2-9(16)6-11/h1-7H,8H2,(H,18,19). The Bertz CT molecular complexity index is 636. The molecule has 1 N–H and O–H groups in total. The van der Waals surface area contributed by atoms with E-state index in [2.05, 4.69) is 21.2 Å². The van der Waals surface area contributed by atoms with Gasteiger partial charge in [-0.15, -0.1) is 0 Å². The fraction of sp³-hybridized carbons (Fsp3) is 0.0714. The van der Waals surface area contributed by atoms with Gasteiger partial charge in [0.05, 0.1) is 5.69 Å². The van der Waals surface area contributed by atoms with Crippen LogP contribution in [0.15, 0.2) is 46.9 Å². The first-order chi connectivity index (χ1) is 9.54. The van der Waals surface area contributed by atoms with Gasteiger partial charge in [0, 0.05) is 9.50 Å². The molecule has 0 fully saturated rings. The van der Waals surface area contributed by atoms with Crippen LogP contribution in [0, 0.1) is 5.82 Å². The minimum atomic E-state index is -0.384. The minimum Gasteiger partial charge on any atom is -0.484 e. The summed E-state index contributed by atoms with van der Waals surface area (Å²) in [5, 5.41) is 3.14. The molecular weight excluding hydrogens is 349 g/mol. The molecule has 0 bridgehead atoms. The van der Waals surface area contributed by atoms with E-state index in [0.29, 0.717) is 20.9 Å². The van der Waals surface area contributed by atoms with Crippen molar-refractivity contribution in [1.82, 2.24) is 0 Å². The lowest BCUT2D eigenvalue weighted by atomic mass is 10.3. The molecule has 2 aromatic rings. The molecule has 1 amide bonds. The number of carbonyl (C=O) groups is 1. The Hall–Kier alpha value is -1.59. The molecule has 0 atom stereocenters. The molecule has 3 nitrogen and oxygen atoms in total. The van der Waals surface area contributed by atoms with Gasteiger partial charge < -0.3 is 10.1 Å². The van der Waals surface area contributed by atoms with Gasteiger partial charge in [0.15, 0.2) is 6.61 Å². The fourth-order valence-electron chi connectivity index (χ4n) is 1.48. The average Bonchev–Trinajstić information content (AvgIpc) is 2.40. The lowest BCUT2D eigenvalue weighted by Crippen LogP contribution is -2.20. The zero-order valence-corrected chi connectivity index (χ0v) is 12.5. The molecule has 104 valence electrons. The molecule has 0 radical (unpaired) electrons. The Kier molecular flexibility index (Phi) is 4.98. The molecule has 0 saturated carbocycles. The second-order valence-electron chi connectivity index (χ2n) is 3.92. The summed E-state index contributed by atoms with van der Waals surface area (Å²) in [4.78, 5) is 11.7. The van der Waals surface area contributed by atoms with Crippen molar-refractivity contribution in [3.8, 4) is 5.75 Å². The normalized spacial score (nSPS) is 10.2. The summed E-state index contributed by atoms with van der Waals surface area (Å²) >= 11 is 8.97. The Morgan fingerprint density at radius 2 is 2.10 bits per heavy atom. The first-order valence-electron chi connectivity index (χ1n) is 5.68. The summed E-state index contributed by atoms with van der Waals surface area (Å²) in [7, 11) is 0. The van der Waals surface area contributed by atoms with Gasteiger partial charge in [-0.2, -0.15) is 0 Å². The summed E-state index contributed by atoms with van der Waals surface area (Å²) in [6.45, 7) is -0.163. The van der Waals surface area contributed by atoms with E-state index in [9.17, 15) is 9.18 Å². The van der Waals surface area contributed by atoms with Crippen molar-refractivity contribution in [2.45, 2.75) is 0 Å². The van der Waals surface area contributed by atoms with Gasteiger partial charge >= 0.3 is 0 Å². The highest BCUT2D eigenvalue weighted by Crippen LogP contribution is 2.23. The smallest absolute Gasteiger partial charge is 0.262 e. The lowest BCUT2D eigenvalue weighted by molar-refractivity contribution is -0.118. The van der Waals surface area contributed by atoms with Gasteiger partial charge in [0.2, 0.25) is 0 Å². The van der Waals surface area contributed by atoms with Gasteiger partial charge in [-0.05, 0) is 52.3 Å². The quantitative estimate of drug-likeness (QED) is 0.887. The molecule has 0 saturated heterocycles. The SMILES string of the molecule is O=C(COc1cccc(Cl)c1)Nc1ccc(F)cc1Br. The molecule has 0 aliphatic rings. The van der Waals surface area contributed by atoms with Crippen LogP contribution in [0.4, 0.5) is 10.1 Å². The third-order valence-corrected chi connectivity index (χ3v) is 3.26. The highest BCUT2D eigenvalue weighted by molar-refractivity contribution is 9.10. The highest BCUT2D eigenvalue weighted by Gasteiger charge is 2.07. The summed E-state index contributed by atoms with van der Waals surface area (Å²) in [5.41, 5.74) is 0.478. The van der Waals surface area contributed by atoms with E-state index >= 15 is 0 Å². The summed E-state index contributed by atoms with van der Waals surface area (Å²) in [5.74, 6) is -0.229. The molecule has 0 heterocycles. The summed E-state index contributed by atoms with van der Waals surface area (Å²) in [6.07, 6.45) is 0. The molecular formula is C14H10BrClFNO2. The van der Waals surface area contributed by atoms with Crippen molar-refractivity contribution in [3.05, 3.63) is 57.8 Å². The van der Waals surface area contributed by atoms with Crippen LogP contribution in [0.3, 0.4) is 0 Å². The van der Waals surface area contributed by atoms with Crippen LogP contribution >= 0.6 is 27.5 Å². The number of anilines is 1. The van der Waals surface area contributed by atoms with Crippen LogP contribution in [0.5, 0.6) is 5.75 Å². The monoisotopic (exact) mass is 357 g/mol. The number of rotatable bonds is 4. The molecule has 0 aromatic heterocycles. The molecule has 0 spiro atoms. The lowest BCUT2D eigenvalue weighted by Gasteiger charge is -2.09. The van der Waals surface area contributed by atoms with Crippen molar-refractivity contribution in [2.24, 2.45) is 0 Å². The number of ether oxygens (including phenoxy) is 1. The summed E-state index contributed by atoms with van der Waals surface area (Å²) in [6, 6.07) is 10.8. The van der Waals surface area contributed by atoms with Crippen molar-refractivity contribution in [3.63, 3.8) is 0 Å². The number of benzene rings is 2. The first kappa shape index (κ1) is 14.8. The van der Waals surface area contributed by atoms with Crippen molar-refractivity contribution >= 4 is 39.1 Å². The molecule has 0 aliphatic carbocycles. The predicted molar refractivity (Wildman–Crippen MR) is 79.7 cm³/mol. The van der Waals surface area contributed by atoms with Crippen molar-refractivity contribution in [2.75, 3.05) is 11.9 Å². The Labute approximate surface area is 128 Å². The fourth-order valence-corrected chi connectivity index (χ4v) is 2.11. The number of hydrogen-bond acceptors (Lipinski definition) is 2. The number of nitrogens with one attached hydrogen (secondary N) is 1. The Morgan fingerprint density at radius 1 is 1.30 bits per heavy atom. The second kappa shape index (κ2) is 6.72. The van der Waals surface area contributed by atoms with Crippen LogP contribution in [-0.2, 0) is 4.79 Å². The topological polar surface area (TPSA) is 38.3 Å². The maximum atomic E-state index is 12.9. The Balaban J connectivity index is 1.92. The van der Waals surface area contributed by atoms with Crippen LogP contribution in [0.1, 0.15) is 0 Å². The molecule has 0 unspecified atom stereocenters. The molecule has 2 aromatic carbocycles. The van der Waals surface area contributed by atoms with E-state index < -0.39 is 0 Å². The van der Waals surface area contributed by atoms with E-state index in [0.717, 1.165) is 0 Å².